The Kier molecular flexibility index (Phi) is 5.79. The van der Waals surface area contributed by atoms with Crippen molar-refractivity contribution in [3.8, 4) is 0 Å². The van der Waals surface area contributed by atoms with Gasteiger partial charge in [0.05, 0.1) is 10.7 Å². The molecule has 4 heteroatoms. The van der Waals surface area contributed by atoms with Crippen LogP contribution in [0.3, 0.4) is 0 Å². The molecule has 2 rings (SSSR count). The highest BCUT2D eigenvalue weighted by atomic mass is 32.1. The summed E-state index contributed by atoms with van der Waals surface area (Å²) in [6, 6.07) is 1.39. The van der Waals surface area contributed by atoms with Crippen molar-refractivity contribution in [3.63, 3.8) is 0 Å². The van der Waals surface area contributed by atoms with Crippen LogP contribution in [0.2, 0.25) is 0 Å². The molecule has 2 heterocycles. The van der Waals surface area contributed by atoms with Crippen LogP contribution < -0.4 is 5.32 Å². The normalized spacial score (nSPS) is 20.5. The van der Waals surface area contributed by atoms with Crippen LogP contribution in [0.4, 0.5) is 0 Å². The maximum absolute atomic E-state index is 4.80. The molecule has 0 saturated carbocycles. The van der Waals surface area contributed by atoms with E-state index in [4.69, 9.17) is 4.98 Å². The van der Waals surface area contributed by atoms with Gasteiger partial charge in [-0.3, -0.25) is 4.90 Å². The summed E-state index contributed by atoms with van der Waals surface area (Å²) in [7, 11) is 2.01. The summed E-state index contributed by atoms with van der Waals surface area (Å²) in [5.74, 6) is 0. The van der Waals surface area contributed by atoms with Gasteiger partial charge < -0.3 is 5.32 Å². The molecule has 1 fully saturated rings. The fourth-order valence-electron chi connectivity index (χ4n) is 2.96. The Balaban J connectivity index is 1.85. The van der Waals surface area contributed by atoms with E-state index in [1.54, 1.807) is 0 Å². The summed E-state index contributed by atoms with van der Waals surface area (Å²) in [6.45, 7) is 6.96. The molecule has 1 aromatic rings. The number of thiazole rings is 1. The van der Waals surface area contributed by atoms with Crippen LogP contribution in [0.25, 0.3) is 0 Å². The largest absolute Gasteiger partial charge is 0.320 e. The van der Waals surface area contributed by atoms with E-state index in [2.05, 4.69) is 29.4 Å². The van der Waals surface area contributed by atoms with Gasteiger partial charge in [0, 0.05) is 23.9 Å². The third-order valence-electron chi connectivity index (χ3n) is 3.96. The first kappa shape index (κ1) is 14.9. The van der Waals surface area contributed by atoms with E-state index in [1.807, 2.05) is 18.4 Å². The zero-order valence-electron chi connectivity index (χ0n) is 12.5. The van der Waals surface area contributed by atoms with Crippen LogP contribution >= 0.6 is 11.3 Å². The molecule has 1 aliphatic heterocycles. The minimum atomic E-state index is 0.669. The van der Waals surface area contributed by atoms with E-state index in [0.29, 0.717) is 6.04 Å². The number of aryl methyl sites for hydroxylation is 1. The lowest BCUT2D eigenvalue weighted by Gasteiger charge is -2.27. The second-order valence-electron chi connectivity index (χ2n) is 5.77. The van der Waals surface area contributed by atoms with Gasteiger partial charge in [-0.2, -0.15) is 0 Å². The second-order valence-corrected chi connectivity index (χ2v) is 6.71. The predicted molar refractivity (Wildman–Crippen MR) is 82.9 cm³/mol. The minimum absolute atomic E-state index is 0.669. The fourth-order valence-corrected chi connectivity index (χ4v) is 3.86. The lowest BCUT2D eigenvalue weighted by molar-refractivity contribution is 0.202. The molecule has 0 aromatic carbocycles. The van der Waals surface area contributed by atoms with Gasteiger partial charge >= 0.3 is 0 Å². The predicted octanol–water partition coefficient (Wildman–Crippen LogP) is 2.71. The highest BCUT2D eigenvalue weighted by Crippen LogP contribution is 2.24. The molecule has 0 bridgehead atoms. The van der Waals surface area contributed by atoms with Crippen molar-refractivity contribution in [1.29, 1.82) is 0 Å². The Morgan fingerprint density at radius 1 is 1.53 bits per heavy atom. The smallest absolute Gasteiger partial charge is 0.0943 e. The molecule has 3 nitrogen and oxygen atoms in total. The highest BCUT2D eigenvalue weighted by molar-refractivity contribution is 7.09. The fraction of sp³-hybridized carbons (Fsp3) is 0.800. The van der Waals surface area contributed by atoms with Gasteiger partial charge in [-0.25, -0.2) is 4.98 Å². The van der Waals surface area contributed by atoms with Gasteiger partial charge in [0.15, 0.2) is 0 Å². The van der Waals surface area contributed by atoms with Gasteiger partial charge in [-0.1, -0.05) is 0 Å². The number of nitrogens with zero attached hydrogens (tertiary/aromatic N) is 2. The summed E-state index contributed by atoms with van der Waals surface area (Å²) in [5.41, 5.74) is 1.28. The zero-order chi connectivity index (χ0) is 13.7. The molecule has 1 atom stereocenters. The Labute approximate surface area is 121 Å². The lowest BCUT2D eigenvalue weighted by Crippen LogP contribution is -2.36. The number of hydrogen-bond donors (Lipinski definition) is 1. The first-order chi connectivity index (χ1) is 9.20. The van der Waals surface area contributed by atoms with Crippen molar-refractivity contribution < 1.29 is 0 Å². The summed E-state index contributed by atoms with van der Waals surface area (Å²) < 4.78 is 0. The van der Waals surface area contributed by atoms with Gasteiger partial charge in [0.2, 0.25) is 0 Å². The van der Waals surface area contributed by atoms with Crippen LogP contribution in [-0.2, 0) is 12.8 Å². The van der Waals surface area contributed by atoms with Crippen molar-refractivity contribution in [2.24, 2.45) is 0 Å². The van der Waals surface area contributed by atoms with E-state index in [-0.39, 0.29) is 0 Å². The van der Waals surface area contributed by atoms with Gasteiger partial charge in [-0.05, 0) is 59.7 Å². The second kappa shape index (κ2) is 7.36. The number of nitrogens with one attached hydrogen (secondary N) is 1. The molecule has 108 valence electrons. The van der Waals surface area contributed by atoms with Crippen molar-refractivity contribution in [1.82, 2.24) is 15.2 Å². The molecule has 0 aliphatic carbocycles. The van der Waals surface area contributed by atoms with E-state index in [1.165, 1.54) is 36.5 Å². The summed E-state index contributed by atoms with van der Waals surface area (Å²) in [6.07, 6.45) is 6.13. The van der Waals surface area contributed by atoms with Crippen molar-refractivity contribution in [3.05, 3.63) is 16.1 Å². The molecule has 1 aromatic heterocycles. The maximum atomic E-state index is 4.80. The molecule has 0 spiro atoms. The van der Waals surface area contributed by atoms with Gasteiger partial charge in [0.25, 0.3) is 0 Å². The van der Waals surface area contributed by atoms with Crippen molar-refractivity contribution in [2.75, 3.05) is 20.1 Å². The summed E-state index contributed by atoms with van der Waals surface area (Å²) >= 11 is 1.85. The highest BCUT2D eigenvalue weighted by Gasteiger charge is 2.27. The van der Waals surface area contributed by atoms with Crippen LogP contribution in [0.5, 0.6) is 0 Å². The Morgan fingerprint density at radius 3 is 3.11 bits per heavy atom. The molecule has 19 heavy (non-hydrogen) atoms. The van der Waals surface area contributed by atoms with Crippen LogP contribution in [0, 0.1) is 0 Å². The SMILES string of the molecule is CNCCCc1csc(CC2CCCN2C(C)C)n1. The maximum Gasteiger partial charge on any atom is 0.0943 e. The zero-order valence-corrected chi connectivity index (χ0v) is 13.3. The van der Waals surface area contributed by atoms with Gasteiger partial charge in [-0.15, -0.1) is 11.3 Å². The first-order valence-electron chi connectivity index (χ1n) is 7.54. The van der Waals surface area contributed by atoms with E-state index in [0.717, 1.165) is 25.4 Å². The van der Waals surface area contributed by atoms with Gasteiger partial charge in [0.1, 0.15) is 0 Å². The third-order valence-corrected chi connectivity index (χ3v) is 4.88. The molecule has 1 saturated heterocycles. The van der Waals surface area contributed by atoms with Crippen LogP contribution in [0.15, 0.2) is 5.38 Å². The molecular formula is C15H27N3S. The lowest BCUT2D eigenvalue weighted by atomic mass is 10.1. The quantitative estimate of drug-likeness (QED) is 0.779. The van der Waals surface area contributed by atoms with Crippen LogP contribution in [-0.4, -0.2) is 42.1 Å². The number of hydrogen-bond acceptors (Lipinski definition) is 4. The van der Waals surface area contributed by atoms with E-state index < -0.39 is 0 Å². The monoisotopic (exact) mass is 281 g/mol. The first-order valence-corrected chi connectivity index (χ1v) is 8.42. The number of likely N-dealkylation sites (tertiary alicyclic amines) is 1. The molecule has 1 N–H and O–H groups in total. The molecular weight excluding hydrogens is 254 g/mol. The standard InChI is InChI=1S/C15H27N3S/c1-12(2)18-9-5-7-14(18)10-15-17-13(11-19-15)6-4-8-16-3/h11-12,14,16H,4-10H2,1-3H3. The average Bonchev–Trinajstić information content (AvgIpc) is 2.99. The Hall–Kier alpha value is -0.450. The summed E-state index contributed by atoms with van der Waals surface area (Å²) in [4.78, 5) is 7.44. The molecule has 1 unspecified atom stereocenters. The Morgan fingerprint density at radius 2 is 2.37 bits per heavy atom. The van der Waals surface area contributed by atoms with Crippen molar-refractivity contribution in [2.45, 2.75) is 58.0 Å². The number of rotatable bonds is 7. The van der Waals surface area contributed by atoms with E-state index >= 15 is 0 Å². The summed E-state index contributed by atoms with van der Waals surface area (Å²) in [5, 5.41) is 6.77. The average molecular weight is 281 g/mol. The Bertz CT molecular complexity index is 375. The molecule has 0 radical (unpaired) electrons. The van der Waals surface area contributed by atoms with E-state index in [9.17, 15) is 0 Å². The third kappa shape index (κ3) is 4.26. The topological polar surface area (TPSA) is 28.2 Å². The minimum Gasteiger partial charge on any atom is -0.320 e. The number of aromatic nitrogens is 1. The van der Waals surface area contributed by atoms with Crippen LogP contribution in [0.1, 0.15) is 43.8 Å². The molecule has 1 aliphatic rings. The molecule has 0 amide bonds. The van der Waals surface area contributed by atoms with Crippen molar-refractivity contribution >= 4 is 11.3 Å².